The second kappa shape index (κ2) is 5.32. The van der Waals surface area contributed by atoms with Gasteiger partial charge in [-0.05, 0) is 25.7 Å². The van der Waals surface area contributed by atoms with Crippen molar-refractivity contribution in [1.29, 1.82) is 0 Å². The van der Waals surface area contributed by atoms with Gasteiger partial charge in [0.15, 0.2) is 0 Å². The number of carbonyl (C=O) groups excluding carboxylic acids is 1. The van der Waals surface area contributed by atoms with Gasteiger partial charge in [-0.25, -0.2) is 0 Å². The van der Waals surface area contributed by atoms with Crippen LogP contribution in [-0.2, 0) is 9.63 Å². The van der Waals surface area contributed by atoms with E-state index in [1.807, 2.05) is 4.90 Å². The summed E-state index contributed by atoms with van der Waals surface area (Å²) in [5, 5.41) is 3.94. The van der Waals surface area contributed by atoms with Gasteiger partial charge in [0.05, 0.1) is 0 Å². The SMILES string of the molecule is CCCCC1CC(C(=O)N2CCCC2)=NO1. The van der Waals surface area contributed by atoms with E-state index in [0.29, 0.717) is 12.1 Å². The summed E-state index contributed by atoms with van der Waals surface area (Å²) in [7, 11) is 0. The Bertz CT molecular complexity index is 283. The summed E-state index contributed by atoms with van der Waals surface area (Å²) in [6.07, 6.45) is 6.41. The number of hydrogen-bond acceptors (Lipinski definition) is 3. The fourth-order valence-electron chi connectivity index (χ4n) is 2.24. The average Bonchev–Trinajstić information content (AvgIpc) is 2.96. The smallest absolute Gasteiger partial charge is 0.271 e. The van der Waals surface area contributed by atoms with Crippen LogP contribution in [0.5, 0.6) is 0 Å². The van der Waals surface area contributed by atoms with Crippen LogP contribution in [0.1, 0.15) is 45.4 Å². The van der Waals surface area contributed by atoms with E-state index < -0.39 is 0 Å². The largest absolute Gasteiger partial charge is 0.392 e. The second-order valence-corrected chi connectivity index (χ2v) is 4.61. The topological polar surface area (TPSA) is 41.9 Å². The Kier molecular flexibility index (Phi) is 3.80. The Morgan fingerprint density at radius 3 is 2.94 bits per heavy atom. The minimum atomic E-state index is 0.0940. The molecular weight excluding hydrogens is 204 g/mol. The third-order valence-electron chi connectivity index (χ3n) is 3.25. The molecule has 0 saturated carbocycles. The van der Waals surface area contributed by atoms with Crippen LogP contribution in [0.15, 0.2) is 5.16 Å². The zero-order chi connectivity index (χ0) is 11.4. The molecule has 0 aliphatic carbocycles. The van der Waals surface area contributed by atoms with Gasteiger partial charge >= 0.3 is 0 Å². The van der Waals surface area contributed by atoms with Gasteiger partial charge in [0.25, 0.3) is 5.91 Å². The maximum Gasteiger partial charge on any atom is 0.271 e. The van der Waals surface area contributed by atoms with Crippen LogP contribution in [0.3, 0.4) is 0 Å². The molecule has 4 heteroatoms. The number of oxime groups is 1. The number of amides is 1. The van der Waals surface area contributed by atoms with Crippen LogP contribution in [0.4, 0.5) is 0 Å². The molecule has 1 atom stereocenters. The van der Waals surface area contributed by atoms with Crippen molar-refractivity contribution in [1.82, 2.24) is 4.90 Å². The van der Waals surface area contributed by atoms with Crippen LogP contribution >= 0.6 is 0 Å². The molecule has 0 radical (unpaired) electrons. The Labute approximate surface area is 96.6 Å². The molecule has 1 unspecified atom stereocenters. The summed E-state index contributed by atoms with van der Waals surface area (Å²) in [4.78, 5) is 19.2. The van der Waals surface area contributed by atoms with E-state index in [2.05, 4.69) is 12.1 Å². The molecule has 1 saturated heterocycles. The second-order valence-electron chi connectivity index (χ2n) is 4.61. The van der Waals surface area contributed by atoms with Crippen molar-refractivity contribution in [3.05, 3.63) is 0 Å². The molecule has 0 aromatic carbocycles. The van der Waals surface area contributed by atoms with E-state index in [-0.39, 0.29) is 12.0 Å². The maximum atomic E-state index is 12.0. The summed E-state index contributed by atoms with van der Waals surface area (Å²) in [6, 6.07) is 0. The van der Waals surface area contributed by atoms with Gasteiger partial charge in [-0.1, -0.05) is 18.5 Å². The fourth-order valence-corrected chi connectivity index (χ4v) is 2.24. The highest BCUT2D eigenvalue weighted by molar-refractivity contribution is 6.39. The van der Waals surface area contributed by atoms with Crippen LogP contribution < -0.4 is 0 Å². The number of unbranched alkanes of at least 4 members (excludes halogenated alkanes) is 1. The molecule has 0 aromatic heterocycles. The van der Waals surface area contributed by atoms with Gasteiger partial charge in [-0.3, -0.25) is 4.79 Å². The fraction of sp³-hybridized carbons (Fsp3) is 0.833. The quantitative estimate of drug-likeness (QED) is 0.732. The molecule has 0 aromatic rings. The molecular formula is C12H20N2O2. The highest BCUT2D eigenvalue weighted by Crippen LogP contribution is 2.19. The summed E-state index contributed by atoms with van der Waals surface area (Å²) in [5.74, 6) is 0.0940. The first-order valence-corrected chi connectivity index (χ1v) is 6.33. The zero-order valence-electron chi connectivity index (χ0n) is 9.95. The number of hydrogen-bond donors (Lipinski definition) is 0. The van der Waals surface area contributed by atoms with E-state index in [9.17, 15) is 4.79 Å². The normalized spacial score (nSPS) is 24.4. The molecule has 0 spiro atoms. The number of carbonyl (C=O) groups is 1. The van der Waals surface area contributed by atoms with Crippen molar-refractivity contribution in [2.24, 2.45) is 5.16 Å². The molecule has 4 nitrogen and oxygen atoms in total. The third kappa shape index (κ3) is 2.54. The number of nitrogens with zero attached hydrogens (tertiary/aromatic N) is 2. The van der Waals surface area contributed by atoms with E-state index in [1.165, 1.54) is 0 Å². The van der Waals surface area contributed by atoms with Crippen LogP contribution in [-0.4, -0.2) is 35.7 Å². The van der Waals surface area contributed by atoms with Crippen molar-refractivity contribution in [3.63, 3.8) is 0 Å². The molecule has 1 amide bonds. The molecule has 2 rings (SSSR count). The van der Waals surface area contributed by atoms with E-state index >= 15 is 0 Å². The molecule has 1 fully saturated rings. The highest BCUT2D eigenvalue weighted by atomic mass is 16.6. The standard InChI is InChI=1S/C12H20N2O2/c1-2-3-6-10-9-11(13-16-10)12(15)14-7-4-5-8-14/h10H,2-9H2,1H3. The first-order chi connectivity index (χ1) is 7.81. The summed E-state index contributed by atoms with van der Waals surface area (Å²) in [5.41, 5.74) is 0.628. The molecule has 0 N–H and O–H groups in total. The number of likely N-dealkylation sites (tertiary alicyclic amines) is 1. The lowest BCUT2D eigenvalue weighted by Crippen LogP contribution is -2.33. The predicted molar refractivity (Wildman–Crippen MR) is 62.3 cm³/mol. The average molecular weight is 224 g/mol. The lowest BCUT2D eigenvalue weighted by Gasteiger charge is -2.13. The van der Waals surface area contributed by atoms with Crippen molar-refractivity contribution < 1.29 is 9.63 Å². The van der Waals surface area contributed by atoms with Gasteiger partial charge in [-0.2, -0.15) is 0 Å². The zero-order valence-corrected chi connectivity index (χ0v) is 9.95. The van der Waals surface area contributed by atoms with Crippen LogP contribution in [0.2, 0.25) is 0 Å². The first kappa shape index (κ1) is 11.4. The Hall–Kier alpha value is -1.06. The minimum Gasteiger partial charge on any atom is -0.392 e. The van der Waals surface area contributed by atoms with Crippen LogP contribution in [0, 0.1) is 0 Å². The monoisotopic (exact) mass is 224 g/mol. The summed E-state index contributed by atoms with van der Waals surface area (Å²) in [6.45, 7) is 3.93. The van der Waals surface area contributed by atoms with Crippen molar-refractivity contribution in [2.75, 3.05) is 13.1 Å². The minimum absolute atomic E-state index is 0.0940. The van der Waals surface area contributed by atoms with Gasteiger partial charge in [-0.15, -0.1) is 0 Å². The highest BCUT2D eigenvalue weighted by Gasteiger charge is 2.29. The molecule has 2 aliphatic rings. The molecule has 2 heterocycles. The van der Waals surface area contributed by atoms with E-state index in [4.69, 9.17) is 4.84 Å². The van der Waals surface area contributed by atoms with E-state index in [0.717, 1.165) is 45.2 Å². The lowest BCUT2D eigenvalue weighted by atomic mass is 10.1. The predicted octanol–water partition coefficient (Wildman–Crippen LogP) is 1.94. The number of rotatable bonds is 4. The summed E-state index contributed by atoms with van der Waals surface area (Å²) < 4.78 is 0. The Morgan fingerprint density at radius 1 is 1.50 bits per heavy atom. The van der Waals surface area contributed by atoms with E-state index in [1.54, 1.807) is 0 Å². The third-order valence-corrected chi connectivity index (χ3v) is 3.25. The molecule has 16 heavy (non-hydrogen) atoms. The Balaban J connectivity index is 1.80. The van der Waals surface area contributed by atoms with Gasteiger partial charge < -0.3 is 9.74 Å². The van der Waals surface area contributed by atoms with Crippen molar-refractivity contribution in [2.45, 2.75) is 51.6 Å². The van der Waals surface area contributed by atoms with Gasteiger partial charge in [0.2, 0.25) is 0 Å². The molecule has 0 bridgehead atoms. The van der Waals surface area contributed by atoms with Crippen molar-refractivity contribution >= 4 is 11.6 Å². The molecule has 2 aliphatic heterocycles. The lowest BCUT2D eigenvalue weighted by molar-refractivity contribution is -0.123. The van der Waals surface area contributed by atoms with Gasteiger partial charge in [0.1, 0.15) is 11.8 Å². The van der Waals surface area contributed by atoms with Gasteiger partial charge in [0, 0.05) is 19.5 Å². The van der Waals surface area contributed by atoms with Crippen LogP contribution in [0.25, 0.3) is 0 Å². The molecule has 90 valence electrons. The summed E-state index contributed by atoms with van der Waals surface area (Å²) >= 11 is 0. The van der Waals surface area contributed by atoms with Crippen molar-refractivity contribution in [3.8, 4) is 0 Å². The first-order valence-electron chi connectivity index (χ1n) is 6.33. The Morgan fingerprint density at radius 2 is 2.25 bits per heavy atom. The maximum absolute atomic E-state index is 12.0.